The van der Waals surface area contributed by atoms with Crippen molar-refractivity contribution in [1.29, 1.82) is 0 Å². The Hall–Kier alpha value is -2.57. The molecule has 1 N–H and O–H groups in total. The summed E-state index contributed by atoms with van der Waals surface area (Å²) in [6.45, 7) is 3.78. The van der Waals surface area contributed by atoms with Crippen LogP contribution in [0.3, 0.4) is 0 Å². The molecule has 0 unspecified atom stereocenters. The van der Waals surface area contributed by atoms with Gasteiger partial charge < -0.3 is 19.9 Å². The minimum atomic E-state index is -0.127. The van der Waals surface area contributed by atoms with E-state index < -0.39 is 0 Å². The second kappa shape index (κ2) is 10.3. The first kappa shape index (κ1) is 21.1. The summed E-state index contributed by atoms with van der Waals surface area (Å²) in [4.78, 5) is 29.3. The maximum absolute atomic E-state index is 13.1. The van der Waals surface area contributed by atoms with Crippen LogP contribution < -0.4 is 10.1 Å². The van der Waals surface area contributed by atoms with Gasteiger partial charge in [-0.15, -0.1) is 0 Å². The molecule has 0 spiro atoms. The lowest BCUT2D eigenvalue weighted by atomic mass is 10.1. The SMILES string of the molecule is COc1cccc(CN(CCC(=O)N2CCNCC2)C(=O)c2ccc(Cl)cc2)c1. The van der Waals surface area contributed by atoms with E-state index in [9.17, 15) is 9.59 Å². The maximum atomic E-state index is 13.1. The van der Waals surface area contributed by atoms with Gasteiger partial charge in [-0.25, -0.2) is 0 Å². The monoisotopic (exact) mass is 415 g/mol. The number of hydrogen-bond acceptors (Lipinski definition) is 4. The molecule has 0 bridgehead atoms. The number of carbonyl (C=O) groups is 2. The molecule has 6 nitrogen and oxygen atoms in total. The van der Waals surface area contributed by atoms with Gasteiger partial charge in [0, 0.05) is 56.3 Å². The standard InChI is InChI=1S/C22H26ClN3O3/c1-29-20-4-2-3-17(15-20)16-26(22(28)18-5-7-19(23)8-6-18)12-9-21(27)25-13-10-24-11-14-25/h2-8,15,24H,9-14,16H2,1H3. The molecule has 0 aliphatic carbocycles. The summed E-state index contributed by atoms with van der Waals surface area (Å²) >= 11 is 5.95. The van der Waals surface area contributed by atoms with E-state index in [4.69, 9.17) is 16.3 Å². The quantitative estimate of drug-likeness (QED) is 0.755. The number of benzene rings is 2. The molecule has 29 heavy (non-hydrogen) atoms. The van der Waals surface area contributed by atoms with Crippen molar-refractivity contribution in [3.63, 3.8) is 0 Å². The van der Waals surface area contributed by atoms with Crippen molar-refractivity contribution in [1.82, 2.24) is 15.1 Å². The molecule has 1 aliphatic rings. The molecule has 1 saturated heterocycles. The molecular formula is C22H26ClN3O3. The van der Waals surface area contributed by atoms with E-state index in [0.29, 0.717) is 43.2 Å². The lowest BCUT2D eigenvalue weighted by molar-refractivity contribution is -0.132. The second-order valence-corrected chi connectivity index (χ2v) is 7.40. The van der Waals surface area contributed by atoms with E-state index in [1.54, 1.807) is 36.3 Å². The van der Waals surface area contributed by atoms with E-state index in [2.05, 4.69) is 5.32 Å². The zero-order valence-corrected chi connectivity index (χ0v) is 17.3. The smallest absolute Gasteiger partial charge is 0.254 e. The van der Waals surface area contributed by atoms with Crippen molar-refractivity contribution >= 4 is 23.4 Å². The lowest BCUT2D eigenvalue weighted by Crippen LogP contribution is -2.47. The highest BCUT2D eigenvalue weighted by Crippen LogP contribution is 2.17. The van der Waals surface area contributed by atoms with Gasteiger partial charge in [0.25, 0.3) is 5.91 Å². The lowest BCUT2D eigenvalue weighted by Gasteiger charge is -2.29. The average Bonchev–Trinajstić information content (AvgIpc) is 2.77. The van der Waals surface area contributed by atoms with Gasteiger partial charge in [-0.3, -0.25) is 9.59 Å². The molecule has 0 saturated carbocycles. The summed E-state index contributed by atoms with van der Waals surface area (Å²) in [5, 5.41) is 3.82. The molecule has 0 atom stereocenters. The van der Waals surface area contributed by atoms with Crippen molar-refractivity contribution in [3.05, 3.63) is 64.7 Å². The number of piperazine rings is 1. The average molecular weight is 416 g/mol. The van der Waals surface area contributed by atoms with E-state index in [1.807, 2.05) is 29.2 Å². The topological polar surface area (TPSA) is 61.9 Å². The number of methoxy groups -OCH3 is 1. The van der Waals surface area contributed by atoms with Crippen molar-refractivity contribution < 1.29 is 14.3 Å². The molecule has 3 rings (SSSR count). The number of carbonyl (C=O) groups excluding carboxylic acids is 2. The Kier molecular flexibility index (Phi) is 7.49. The van der Waals surface area contributed by atoms with Crippen LogP contribution in [0.1, 0.15) is 22.3 Å². The number of ether oxygens (including phenoxy) is 1. The van der Waals surface area contributed by atoms with Crippen molar-refractivity contribution in [2.45, 2.75) is 13.0 Å². The third-order valence-electron chi connectivity index (χ3n) is 4.95. The maximum Gasteiger partial charge on any atom is 0.254 e. The van der Waals surface area contributed by atoms with Crippen LogP contribution in [0.2, 0.25) is 5.02 Å². The highest BCUT2D eigenvalue weighted by molar-refractivity contribution is 6.30. The van der Waals surface area contributed by atoms with Crippen LogP contribution in [0.4, 0.5) is 0 Å². The third-order valence-corrected chi connectivity index (χ3v) is 5.20. The van der Waals surface area contributed by atoms with Gasteiger partial charge in [-0.05, 0) is 42.0 Å². The number of nitrogens with zero attached hydrogens (tertiary/aromatic N) is 2. The molecule has 2 amide bonds. The van der Waals surface area contributed by atoms with Gasteiger partial charge in [-0.2, -0.15) is 0 Å². The Bertz CT molecular complexity index is 835. The first-order chi connectivity index (χ1) is 14.1. The summed E-state index contributed by atoms with van der Waals surface area (Å²) in [7, 11) is 1.61. The number of rotatable bonds is 7. The molecule has 154 valence electrons. The minimum absolute atomic E-state index is 0.0750. The van der Waals surface area contributed by atoms with Crippen LogP contribution in [0.5, 0.6) is 5.75 Å². The fourth-order valence-electron chi connectivity index (χ4n) is 3.32. The van der Waals surface area contributed by atoms with Gasteiger partial charge >= 0.3 is 0 Å². The summed E-state index contributed by atoms with van der Waals surface area (Å²) in [5.41, 5.74) is 1.49. The van der Waals surface area contributed by atoms with Gasteiger partial charge in [-0.1, -0.05) is 23.7 Å². The molecule has 2 aromatic rings. The molecule has 0 aromatic heterocycles. The predicted molar refractivity (Wildman–Crippen MR) is 113 cm³/mol. The Labute approximate surface area is 176 Å². The van der Waals surface area contributed by atoms with Crippen molar-refractivity contribution in [2.24, 2.45) is 0 Å². The largest absolute Gasteiger partial charge is 0.497 e. The van der Waals surface area contributed by atoms with Gasteiger partial charge in [0.2, 0.25) is 5.91 Å². The Morgan fingerprint density at radius 3 is 2.55 bits per heavy atom. The van der Waals surface area contributed by atoms with Crippen LogP contribution in [-0.4, -0.2) is 61.4 Å². The summed E-state index contributed by atoms with van der Waals surface area (Å²) < 4.78 is 5.29. The van der Waals surface area contributed by atoms with Crippen molar-refractivity contribution in [3.8, 4) is 5.75 Å². The molecule has 7 heteroatoms. The normalized spacial score (nSPS) is 13.8. The second-order valence-electron chi connectivity index (χ2n) is 6.97. The highest BCUT2D eigenvalue weighted by Gasteiger charge is 2.21. The van der Waals surface area contributed by atoms with Crippen LogP contribution in [-0.2, 0) is 11.3 Å². The number of hydrogen-bond donors (Lipinski definition) is 1. The number of halogens is 1. The summed E-state index contributed by atoms with van der Waals surface area (Å²) in [6.07, 6.45) is 0.295. The first-order valence-electron chi connectivity index (χ1n) is 9.73. The molecule has 2 aromatic carbocycles. The molecular weight excluding hydrogens is 390 g/mol. The Balaban J connectivity index is 1.73. The first-order valence-corrected chi connectivity index (χ1v) is 10.1. The van der Waals surface area contributed by atoms with E-state index in [0.717, 1.165) is 24.4 Å². The Morgan fingerprint density at radius 2 is 1.86 bits per heavy atom. The fourth-order valence-corrected chi connectivity index (χ4v) is 3.45. The fraction of sp³-hybridized carbons (Fsp3) is 0.364. The number of nitrogens with one attached hydrogen (secondary N) is 1. The van der Waals surface area contributed by atoms with Crippen LogP contribution in [0.25, 0.3) is 0 Å². The number of amides is 2. The van der Waals surface area contributed by atoms with Gasteiger partial charge in [0.05, 0.1) is 7.11 Å². The highest BCUT2D eigenvalue weighted by atomic mass is 35.5. The van der Waals surface area contributed by atoms with Crippen LogP contribution >= 0.6 is 11.6 Å². The van der Waals surface area contributed by atoms with Gasteiger partial charge in [0.1, 0.15) is 5.75 Å². The molecule has 0 radical (unpaired) electrons. The van der Waals surface area contributed by atoms with Crippen LogP contribution in [0, 0.1) is 0 Å². The van der Waals surface area contributed by atoms with Gasteiger partial charge in [0.15, 0.2) is 0 Å². The van der Waals surface area contributed by atoms with E-state index in [-0.39, 0.29) is 11.8 Å². The molecule has 1 aliphatic heterocycles. The molecule has 1 fully saturated rings. The summed E-state index contributed by atoms with van der Waals surface area (Å²) in [6, 6.07) is 14.4. The molecule has 1 heterocycles. The predicted octanol–water partition coefficient (Wildman–Crippen LogP) is 2.81. The van der Waals surface area contributed by atoms with E-state index in [1.165, 1.54) is 0 Å². The third kappa shape index (κ3) is 5.95. The van der Waals surface area contributed by atoms with Crippen LogP contribution in [0.15, 0.2) is 48.5 Å². The Morgan fingerprint density at radius 1 is 1.14 bits per heavy atom. The van der Waals surface area contributed by atoms with Crippen molar-refractivity contribution in [2.75, 3.05) is 39.8 Å². The minimum Gasteiger partial charge on any atom is -0.497 e. The zero-order chi connectivity index (χ0) is 20.6. The zero-order valence-electron chi connectivity index (χ0n) is 16.6. The van der Waals surface area contributed by atoms with E-state index >= 15 is 0 Å². The summed E-state index contributed by atoms with van der Waals surface area (Å²) in [5.74, 6) is 0.682.